The summed E-state index contributed by atoms with van der Waals surface area (Å²) in [4.78, 5) is 8.04. The highest BCUT2D eigenvalue weighted by Gasteiger charge is 2.12. The Balaban J connectivity index is 1.81. The Labute approximate surface area is 167 Å². The van der Waals surface area contributed by atoms with Crippen LogP contribution in [0.2, 0.25) is 0 Å². The highest BCUT2D eigenvalue weighted by molar-refractivity contribution is 7.90. The maximum Gasteiger partial charge on any atom is 0.193 e. The highest BCUT2D eigenvalue weighted by atomic mass is 32.2. The second-order valence-electron chi connectivity index (χ2n) is 6.42. The number of guanidine groups is 1. The first kappa shape index (κ1) is 21.4. The monoisotopic (exact) mass is 407 g/mol. The van der Waals surface area contributed by atoms with Crippen molar-refractivity contribution in [3.8, 4) is 0 Å². The van der Waals surface area contributed by atoms with Crippen LogP contribution in [0.3, 0.4) is 0 Å². The van der Waals surface area contributed by atoms with Crippen LogP contribution in [0.4, 0.5) is 0 Å². The van der Waals surface area contributed by atoms with Gasteiger partial charge in [0.1, 0.15) is 0 Å². The molecule has 5 nitrogen and oxygen atoms in total. The summed E-state index contributed by atoms with van der Waals surface area (Å²) in [6.07, 6.45) is 1.51. The van der Waals surface area contributed by atoms with Crippen LogP contribution in [-0.2, 0) is 22.0 Å². The van der Waals surface area contributed by atoms with Gasteiger partial charge in [0, 0.05) is 31.6 Å². The molecule has 2 rings (SSSR count). The van der Waals surface area contributed by atoms with Crippen molar-refractivity contribution in [1.29, 1.82) is 0 Å². The van der Waals surface area contributed by atoms with Crippen molar-refractivity contribution in [2.24, 2.45) is 4.99 Å². The van der Waals surface area contributed by atoms with Gasteiger partial charge in [-0.1, -0.05) is 36.4 Å². The molecule has 0 saturated carbocycles. The third-order valence-corrected chi connectivity index (χ3v) is 6.69. The van der Waals surface area contributed by atoms with Crippen LogP contribution < -0.4 is 5.32 Å². The number of thiophene rings is 1. The number of hydrogen-bond donors (Lipinski definition) is 1. The molecular weight excluding hydrogens is 378 g/mol. The summed E-state index contributed by atoms with van der Waals surface area (Å²) >= 11 is 1.76. The van der Waals surface area contributed by atoms with E-state index in [4.69, 9.17) is 0 Å². The Morgan fingerprint density at radius 1 is 1.19 bits per heavy atom. The van der Waals surface area contributed by atoms with Crippen molar-refractivity contribution < 1.29 is 8.42 Å². The fraction of sp³-hybridized carbons (Fsp3) is 0.450. The van der Waals surface area contributed by atoms with Crippen LogP contribution in [-0.4, -0.2) is 51.7 Å². The van der Waals surface area contributed by atoms with Gasteiger partial charge < -0.3 is 10.2 Å². The van der Waals surface area contributed by atoms with Crippen molar-refractivity contribution in [2.45, 2.75) is 25.5 Å². The van der Waals surface area contributed by atoms with Gasteiger partial charge in [0.15, 0.2) is 15.8 Å². The molecule has 27 heavy (non-hydrogen) atoms. The number of aliphatic imine (C=N–C) groups is 1. The molecule has 0 bridgehead atoms. The normalized spacial score (nSPS) is 12.1. The standard InChI is InChI=1S/C20H29N3O2S2/c1-3-21-20(23(2)14-12-19-11-7-15-26-19)22-13-8-16-27(24,25)17-18-9-5-4-6-10-18/h4-7,9-11,15H,3,8,12-14,16-17H2,1-2H3,(H,21,22). The summed E-state index contributed by atoms with van der Waals surface area (Å²) in [6, 6.07) is 13.5. The van der Waals surface area contributed by atoms with Crippen LogP contribution in [0.1, 0.15) is 23.8 Å². The first-order valence-electron chi connectivity index (χ1n) is 9.26. The molecule has 0 amide bonds. The van der Waals surface area contributed by atoms with Crippen molar-refractivity contribution in [3.63, 3.8) is 0 Å². The lowest BCUT2D eigenvalue weighted by Gasteiger charge is -2.21. The minimum absolute atomic E-state index is 0.0956. The van der Waals surface area contributed by atoms with Crippen LogP contribution in [0, 0.1) is 0 Å². The van der Waals surface area contributed by atoms with E-state index in [9.17, 15) is 8.42 Å². The summed E-state index contributed by atoms with van der Waals surface area (Å²) in [5.74, 6) is 1.08. The molecule has 0 aliphatic heterocycles. The lowest BCUT2D eigenvalue weighted by molar-refractivity contribution is 0.486. The van der Waals surface area contributed by atoms with Gasteiger partial charge in [-0.25, -0.2) is 8.42 Å². The number of nitrogens with zero attached hydrogens (tertiary/aromatic N) is 2. The fourth-order valence-electron chi connectivity index (χ4n) is 2.68. The Hall–Kier alpha value is -1.86. The highest BCUT2D eigenvalue weighted by Crippen LogP contribution is 2.10. The molecule has 0 fully saturated rings. The van der Waals surface area contributed by atoms with Gasteiger partial charge in [-0.3, -0.25) is 4.99 Å². The van der Waals surface area contributed by atoms with Gasteiger partial charge in [0.2, 0.25) is 0 Å². The van der Waals surface area contributed by atoms with E-state index in [2.05, 4.69) is 32.7 Å². The van der Waals surface area contributed by atoms with E-state index in [-0.39, 0.29) is 11.5 Å². The quantitative estimate of drug-likeness (QED) is 0.373. The molecular formula is C20H29N3O2S2. The number of sulfone groups is 1. The van der Waals surface area contributed by atoms with Gasteiger partial charge in [0.05, 0.1) is 11.5 Å². The van der Waals surface area contributed by atoms with Crippen molar-refractivity contribution >= 4 is 27.1 Å². The zero-order chi connectivity index (χ0) is 19.5. The molecule has 0 spiro atoms. The van der Waals surface area contributed by atoms with E-state index >= 15 is 0 Å². The van der Waals surface area contributed by atoms with E-state index in [0.717, 1.165) is 31.0 Å². The van der Waals surface area contributed by atoms with Crippen molar-refractivity contribution in [3.05, 3.63) is 58.3 Å². The van der Waals surface area contributed by atoms with Crippen LogP contribution in [0.15, 0.2) is 52.8 Å². The summed E-state index contributed by atoms with van der Waals surface area (Å²) < 4.78 is 24.5. The molecule has 1 heterocycles. The smallest absolute Gasteiger partial charge is 0.193 e. The minimum Gasteiger partial charge on any atom is -0.357 e. The van der Waals surface area contributed by atoms with Crippen LogP contribution in [0.25, 0.3) is 0 Å². The maximum absolute atomic E-state index is 12.3. The van der Waals surface area contributed by atoms with E-state index in [1.165, 1.54) is 4.88 Å². The van der Waals surface area contributed by atoms with E-state index in [1.807, 2.05) is 44.3 Å². The maximum atomic E-state index is 12.3. The molecule has 0 radical (unpaired) electrons. The van der Waals surface area contributed by atoms with E-state index in [0.29, 0.717) is 13.0 Å². The third-order valence-electron chi connectivity index (χ3n) is 4.07. The molecule has 1 N–H and O–H groups in total. The number of benzene rings is 1. The minimum atomic E-state index is -3.11. The van der Waals surface area contributed by atoms with Crippen molar-refractivity contribution in [1.82, 2.24) is 10.2 Å². The Morgan fingerprint density at radius 2 is 1.96 bits per heavy atom. The predicted octanol–water partition coefficient (Wildman–Crippen LogP) is 3.19. The molecule has 148 valence electrons. The first-order chi connectivity index (χ1) is 13.0. The van der Waals surface area contributed by atoms with Gasteiger partial charge >= 0.3 is 0 Å². The van der Waals surface area contributed by atoms with Gasteiger partial charge in [-0.2, -0.15) is 0 Å². The third kappa shape index (κ3) is 8.13. The molecule has 1 aromatic heterocycles. The molecule has 0 aliphatic rings. The Bertz CT molecular complexity index is 788. The van der Waals surface area contributed by atoms with Crippen LogP contribution in [0.5, 0.6) is 0 Å². The number of nitrogens with one attached hydrogen (secondary N) is 1. The molecule has 0 saturated heterocycles. The zero-order valence-corrected chi connectivity index (χ0v) is 17.7. The topological polar surface area (TPSA) is 61.8 Å². The lowest BCUT2D eigenvalue weighted by Crippen LogP contribution is -2.40. The molecule has 2 aromatic rings. The average Bonchev–Trinajstić information content (AvgIpc) is 3.16. The Kier molecular flexibility index (Phi) is 8.81. The lowest BCUT2D eigenvalue weighted by atomic mass is 10.2. The molecule has 0 aliphatic carbocycles. The summed E-state index contributed by atoms with van der Waals surface area (Å²) in [5.41, 5.74) is 0.836. The number of likely N-dealkylation sites (N-methyl/N-ethyl adjacent to an activating group) is 1. The first-order valence-corrected chi connectivity index (χ1v) is 12.0. The Morgan fingerprint density at radius 3 is 2.63 bits per heavy atom. The summed E-state index contributed by atoms with van der Waals surface area (Å²) in [6.45, 7) is 4.19. The van der Waals surface area contributed by atoms with Crippen molar-refractivity contribution in [2.75, 3.05) is 32.4 Å². The average molecular weight is 408 g/mol. The van der Waals surface area contributed by atoms with E-state index in [1.54, 1.807) is 11.3 Å². The largest absolute Gasteiger partial charge is 0.357 e. The second kappa shape index (κ2) is 11.1. The predicted molar refractivity (Wildman–Crippen MR) is 115 cm³/mol. The fourth-order valence-corrected chi connectivity index (χ4v) is 4.79. The molecule has 0 unspecified atom stereocenters. The molecule has 1 aromatic carbocycles. The number of rotatable bonds is 10. The summed E-state index contributed by atoms with van der Waals surface area (Å²) in [7, 11) is -1.09. The second-order valence-corrected chi connectivity index (χ2v) is 9.63. The van der Waals surface area contributed by atoms with Crippen LogP contribution >= 0.6 is 11.3 Å². The molecule has 0 atom stereocenters. The van der Waals surface area contributed by atoms with E-state index < -0.39 is 9.84 Å². The van der Waals surface area contributed by atoms with Gasteiger partial charge in [0.25, 0.3) is 0 Å². The summed E-state index contributed by atoms with van der Waals surface area (Å²) in [5, 5.41) is 5.37. The zero-order valence-electron chi connectivity index (χ0n) is 16.1. The van der Waals surface area contributed by atoms with Gasteiger partial charge in [-0.05, 0) is 36.8 Å². The van der Waals surface area contributed by atoms with Gasteiger partial charge in [-0.15, -0.1) is 11.3 Å². The SMILES string of the molecule is CCNC(=NCCCS(=O)(=O)Cc1ccccc1)N(C)CCc1cccs1. The number of hydrogen-bond acceptors (Lipinski definition) is 4. The molecule has 7 heteroatoms.